The van der Waals surface area contributed by atoms with Crippen LogP contribution in [0.4, 0.5) is 0 Å². The predicted octanol–water partition coefficient (Wildman–Crippen LogP) is 5.38. The Hall–Kier alpha value is 0.165. The Bertz CT molecular complexity index is 496. The molecule has 1 fully saturated rings. The first-order chi connectivity index (χ1) is 10.4. The summed E-state index contributed by atoms with van der Waals surface area (Å²) in [6, 6.07) is 4.23. The van der Waals surface area contributed by atoms with E-state index in [1.54, 1.807) is 0 Å². The van der Waals surface area contributed by atoms with Gasteiger partial charge in [-0.1, -0.05) is 59.6 Å². The van der Waals surface area contributed by atoms with E-state index in [1.807, 2.05) is 0 Å². The Balaban J connectivity index is 2.44. The molecule has 0 spiro atoms. The molecular weight excluding hydrogens is 407 g/mol. The quantitative estimate of drug-likeness (QED) is 0.583. The standard InChI is InChI=1S/C17H25BBr2O2/c1-6-16(7-2)17(8-3,9-4)22-18(21-16)13-10-14(19)12(5)15(20)11-13/h10-11H,6-9H2,1-5H3. The van der Waals surface area contributed by atoms with Gasteiger partial charge in [0.25, 0.3) is 0 Å². The summed E-state index contributed by atoms with van der Waals surface area (Å²) in [7, 11) is -0.298. The van der Waals surface area contributed by atoms with Crippen molar-refractivity contribution in [3.63, 3.8) is 0 Å². The summed E-state index contributed by atoms with van der Waals surface area (Å²) in [6.45, 7) is 10.9. The zero-order chi connectivity index (χ0) is 16.5. The topological polar surface area (TPSA) is 18.5 Å². The van der Waals surface area contributed by atoms with E-state index in [0.29, 0.717) is 0 Å². The molecule has 0 saturated carbocycles. The van der Waals surface area contributed by atoms with E-state index in [4.69, 9.17) is 9.31 Å². The van der Waals surface area contributed by atoms with Crippen LogP contribution in [0.3, 0.4) is 0 Å². The number of hydrogen-bond acceptors (Lipinski definition) is 2. The highest BCUT2D eigenvalue weighted by Crippen LogP contribution is 2.47. The van der Waals surface area contributed by atoms with Crippen LogP contribution in [-0.4, -0.2) is 18.3 Å². The molecule has 22 heavy (non-hydrogen) atoms. The average Bonchev–Trinajstić information content (AvgIpc) is 2.87. The molecule has 1 heterocycles. The lowest BCUT2D eigenvalue weighted by atomic mass is 9.75. The van der Waals surface area contributed by atoms with Crippen LogP contribution in [0.25, 0.3) is 0 Å². The zero-order valence-electron chi connectivity index (χ0n) is 14.1. The third-order valence-electron chi connectivity index (χ3n) is 5.36. The summed E-state index contributed by atoms with van der Waals surface area (Å²) in [4.78, 5) is 0. The van der Waals surface area contributed by atoms with Crippen molar-refractivity contribution in [2.75, 3.05) is 0 Å². The van der Waals surface area contributed by atoms with Crippen molar-refractivity contribution in [2.24, 2.45) is 0 Å². The number of hydrogen-bond donors (Lipinski definition) is 0. The molecule has 1 aromatic rings. The molecule has 1 saturated heterocycles. The lowest BCUT2D eigenvalue weighted by Crippen LogP contribution is -2.50. The van der Waals surface area contributed by atoms with Crippen molar-refractivity contribution in [3.8, 4) is 0 Å². The van der Waals surface area contributed by atoms with Gasteiger partial charge in [-0.3, -0.25) is 0 Å². The van der Waals surface area contributed by atoms with Crippen LogP contribution < -0.4 is 5.46 Å². The molecular formula is C17H25BBr2O2. The highest BCUT2D eigenvalue weighted by molar-refractivity contribution is 9.11. The van der Waals surface area contributed by atoms with E-state index in [0.717, 1.165) is 40.1 Å². The van der Waals surface area contributed by atoms with Crippen LogP contribution >= 0.6 is 31.9 Å². The molecule has 122 valence electrons. The summed E-state index contributed by atoms with van der Waals surface area (Å²) in [5.41, 5.74) is 1.85. The predicted molar refractivity (Wildman–Crippen MR) is 101 cm³/mol. The minimum Gasteiger partial charge on any atom is -0.399 e. The van der Waals surface area contributed by atoms with Gasteiger partial charge in [0, 0.05) is 8.95 Å². The second kappa shape index (κ2) is 6.96. The maximum Gasteiger partial charge on any atom is 0.494 e. The van der Waals surface area contributed by atoms with Gasteiger partial charge in [-0.05, 0) is 55.8 Å². The van der Waals surface area contributed by atoms with E-state index >= 15 is 0 Å². The van der Waals surface area contributed by atoms with Gasteiger partial charge in [0.1, 0.15) is 0 Å². The fraction of sp³-hybridized carbons (Fsp3) is 0.647. The van der Waals surface area contributed by atoms with Crippen LogP contribution in [0, 0.1) is 6.92 Å². The van der Waals surface area contributed by atoms with E-state index < -0.39 is 0 Å². The molecule has 0 aliphatic carbocycles. The maximum absolute atomic E-state index is 6.52. The Morgan fingerprint density at radius 3 is 1.55 bits per heavy atom. The Kier molecular flexibility index (Phi) is 5.85. The number of rotatable bonds is 5. The van der Waals surface area contributed by atoms with Crippen molar-refractivity contribution in [2.45, 2.75) is 71.5 Å². The molecule has 0 bridgehead atoms. The van der Waals surface area contributed by atoms with E-state index in [-0.39, 0.29) is 18.3 Å². The average molecular weight is 432 g/mol. The summed E-state index contributed by atoms with van der Waals surface area (Å²) in [5, 5.41) is 0. The van der Waals surface area contributed by atoms with Crippen LogP contribution in [0.5, 0.6) is 0 Å². The monoisotopic (exact) mass is 430 g/mol. The summed E-state index contributed by atoms with van der Waals surface area (Å²) in [5.74, 6) is 0. The van der Waals surface area contributed by atoms with Gasteiger partial charge in [-0.15, -0.1) is 0 Å². The molecule has 0 N–H and O–H groups in total. The van der Waals surface area contributed by atoms with E-state index in [2.05, 4.69) is 78.6 Å². The molecule has 1 aromatic carbocycles. The molecule has 2 nitrogen and oxygen atoms in total. The Morgan fingerprint density at radius 1 is 0.864 bits per heavy atom. The fourth-order valence-electron chi connectivity index (χ4n) is 3.71. The van der Waals surface area contributed by atoms with Crippen molar-refractivity contribution in [1.29, 1.82) is 0 Å². The van der Waals surface area contributed by atoms with Gasteiger partial charge in [-0.25, -0.2) is 0 Å². The Morgan fingerprint density at radius 2 is 1.23 bits per heavy atom. The molecule has 0 amide bonds. The molecule has 1 aliphatic rings. The largest absolute Gasteiger partial charge is 0.494 e. The van der Waals surface area contributed by atoms with Crippen molar-refractivity contribution < 1.29 is 9.31 Å². The van der Waals surface area contributed by atoms with Crippen LogP contribution in [-0.2, 0) is 9.31 Å². The van der Waals surface area contributed by atoms with Crippen molar-refractivity contribution >= 4 is 44.4 Å². The first-order valence-electron chi connectivity index (χ1n) is 8.19. The normalized spacial score (nSPS) is 19.7. The molecule has 5 heteroatoms. The first kappa shape index (κ1) is 18.5. The summed E-state index contributed by atoms with van der Waals surface area (Å²) >= 11 is 7.26. The summed E-state index contributed by atoms with van der Waals surface area (Å²) < 4.78 is 15.2. The van der Waals surface area contributed by atoms with Gasteiger partial charge in [0.2, 0.25) is 0 Å². The smallest absolute Gasteiger partial charge is 0.399 e. The lowest BCUT2D eigenvalue weighted by Gasteiger charge is -2.42. The van der Waals surface area contributed by atoms with Crippen LogP contribution in [0.15, 0.2) is 21.1 Å². The lowest BCUT2D eigenvalue weighted by molar-refractivity contribution is -0.0601. The summed E-state index contributed by atoms with van der Waals surface area (Å²) in [6.07, 6.45) is 3.87. The Labute approximate surface area is 151 Å². The van der Waals surface area contributed by atoms with Crippen molar-refractivity contribution in [1.82, 2.24) is 0 Å². The SMILES string of the molecule is CCC1(CC)OB(c2cc(Br)c(C)c(Br)c2)OC1(CC)CC. The molecule has 0 aromatic heterocycles. The minimum absolute atomic E-state index is 0.203. The second-order valence-corrected chi connectivity index (χ2v) is 7.79. The number of benzene rings is 1. The third-order valence-corrected chi connectivity index (χ3v) is 7.00. The zero-order valence-corrected chi connectivity index (χ0v) is 17.3. The molecule has 0 atom stereocenters. The van der Waals surface area contributed by atoms with Gasteiger partial charge in [0.15, 0.2) is 0 Å². The van der Waals surface area contributed by atoms with Crippen molar-refractivity contribution in [3.05, 3.63) is 26.6 Å². The first-order valence-corrected chi connectivity index (χ1v) is 9.78. The number of halogens is 2. The maximum atomic E-state index is 6.52. The van der Waals surface area contributed by atoms with Gasteiger partial charge in [-0.2, -0.15) is 0 Å². The fourth-order valence-corrected chi connectivity index (χ4v) is 4.93. The molecule has 0 unspecified atom stereocenters. The van der Waals surface area contributed by atoms with Gasteiger partial charge in [0.05, 0.1) is 11.2 Å². The van der Waals surface area contributed by atoms with E-state index in [1.165, 1.54) is 5.56 Å². The highest BCUT2D eigenvalue weighted by atomic mass is 79.9. The molecule has 0 radical (unpaired) electrons. The van der Waals surface area contributed by atoms with Crippen LogP contribution in [0.2, 0.25) is 0 Å². The van der Waals surface area contributed by atoms with E-state index in [9.17, 15) is 0 Å². The molecule has 2 rings (SSSR count). The van der Waals surface area contributed by atoms with Crippen LogP contribution in [0.1, 0.15) is 58.9 Å². The highest BCUT2D eigenvalue weighted by Gasteiger charge is 2.58. The second-order valence-electron chi connectivity index (χ2n) is 6.08. The van der Waals surface area contributed by atoms with Gasteiger partial charge >= 0.3 is 7.12 Å². The minimum atomic E-state index is -0.298. The van der Waals surface area contributed by atoms with Gasteiger partial charge < -0.3 is 9.31 Å². The third kappa shape index (κ3) is 2.83. The molecule has 1 aliphatic heterocycles.